The number of aliphatic imine (C=N–C) groups is 1. The van der Waals surface area contributed by atoms with E-state index in [1.165, 1.54) is 5.56 Å². The van der Waals surface area contributed by atoms with Gasteiger partial charge in [-0.1, -0.05) is 48.5 Å². The smallest absolute Gasteiger partial charge is 0.387 e. The summed E-state index contributed by atoms with van der Waals surface area (Å²) >= 11 is 0. The van der Waals surface area contributed by atoms with Gasteiger partial charge < -0.3 is 15.4 Å². The Morgan fingerprint density at radius 3 is 2.48 bits per heavy atom. The Bertz CT molecular complexity index is 777. The summed E-state index contributed by atoms with van der Waals surface area (Å²) in [4.78, 5) is 6.73. The maximum atomic E-state index is 12.6. The molecule has 0 bridgehead atoms. The van der Waals surface area contributed by atoms with E-state index in [9.17, 15) is 8.78 Å². The van der Waals surface area contributed by atoms with E-state index in [1.807, 2.05) is 6.07 Å². The average molecular weight is 402 g/mol. The number of benzene rings is 2. The first-order valence-corrected chi connectivity index (χ1v) is 9.90. The summed E-state index contributed by atoms with van der Waals surface area (Å²) in [6, 6.07) is 17.6. The fourth-order valence-electron chi connectivity index (χ4n) is 3.50. The molecular formula is C22H28F2N4O. The Balaban J connectivity index is 1.45. The van der Waals surface area contributed by atoms with Crippen molar-refractivity contribution >= 4 is 5.96 Å². The monoisotopic (exact) mass is 402 g/mol. The van der Waals surface area contributed by atoms with Gasteiger partial charge in [-0.05, 0) is 24.5 Å². The molecule has 0 saturated carbocycles. The third-order valence-electron chi connectivity index (χ3n) is 5.04. The van der Waals surface area contributed by atoms with Crippen molar-refractivity contribution in [2.45, 2.75) is 38.6 Å². The largest absolute Gasteiger partial charge is 0.434 e. The van der Waals surface area contributed by atoms with Gasteiger partial charge >= 0.3 is 6.61 Å². The summed E-state index contributed by atoms with van der Waals surface area (Å²) in [6.07, 6.45) is 2.05. The summed E-state index contributed by atoms with van der Waals surface area (Å²) in [5, 5.41) is 6.64. The lowest BCUT2D eigenvalue weighted by Gasteiger charge is -2.33. The lowest BCUT2D eigenvalue weighted by molar-refractivity contribution is -0.0504. The number of piperidine rings is 1. The van der Waals surface area contributed by atoms with Crippen LogP contribution >= 0.6 is 0 Å². The molecule has 0 aliphatic carbocycles. The van der Waals surface area contributed by atoms with Gasteiger partial charge in [0.2, 0.25) is 0 Å². The van der Waals surface area contributed by atoms with E-state index in [4.69, 9.17) is 0 Å². The molecule has 5 nitrogen and oxygen atoms in total. The van der Waals surface area contributed by atoms with Crippen LogP contribution in [-0.4, -0.2) is 43.6 Å². The fraction of sp³-hybridized carbons (Fsp3) is 0.409. The van der Waals surface area contributed by atoms with Gasteiger partial charge in [0, 0.05) is 44.8 Å². The molecule has 2 aromatic carbocycles. The number of halogens is 2. The van der Waals surface area contributed by atoms with E-state index >= 15 is 0 Å². The number of nitrogens with one attached hydrogen (secondary N) is 2. The maximum absolute atomic E-state index is 12.6. The highest BCUT2D eigenvalue weighted by Crippen LogP contribution is 2.20. The number of nitrogens with zero attached hydrogens (tertiary/aromatic N) is 2. The van der Waals surface area contributed by atoms with Crippen molar-refractivity contribution in [3.05, 3.63) is 65.7 Å². The third-order valence-corrected chi connectivity index (χ3v) is 5.04. The number of rotatable bonds is 7. The lowest BCUT2D eigenvalue weighted by atomic mass is 10.0. The van der Waals surface area contributed by atoms with Crippen LogP contribution < -0.4 is 15.4 Å². The zero-order valence-corrected chi connectivity index (χ0v) is 16.7. The maximum Gasteiger partial charge on any atom is 0.387 e. The van der Waals surface area contributed by atoms with Crippen molar-refractivity contribution in [3.8, 4) is 5.75 Å². The first-order chi connectivity index (χ1) is 14.1. The van der Waals surface area contributed by atoms with Crippen molar-refractivity contribution in [2.24, 2.45) is 4.99 Å². The van der Waals surface area contributed by atoms with Gasteiger partial charge in [0.1, 0.15) is 5.75 Å². The van der Waals surface area contributed by atoms with Gasteiger partial charge in [-0.25, -0.2) is 0 Å². The number of guanidine groups is 1. The molecule has 29 heavy (non-hydrogen) atoms. The Labute approximate surface area is 170 Å². The van der Waals surface area contributed by atoms with Gasteiger partial charge in [-0.2, -0.15) is 8.78 Å². The topological polar surface area (TPSA) is 48.9 Å². The molecule has 156 valence electrons. The van der Waals surface area contributed by atoms with Crippen LogP contribution in [0.4, 0.5) is 8.78 Å². The van der Waals surface area contributed by atoms with Crippen LogP contribution in [0.25, 0.3) is 0 Å². The van der Waals surface area contributed by atoms with Crippen molar-refractivity contribution in [3.63, 3.8) is 0 Å². The molecule has 0 atom stereocenters. The number of ether oxygens (including phenoxy) is 1. The molecule has 3 rings (SSSR count). The first kappa shape index (κ1) is 21.0. The fourth-order valence-corrected chi connectivity index (χ4v) is 3.50. The molecule has 0 radical (unpaired) electrons. The molecule has 7 heteroatoms. The second kappa shape index (κ2) is 10.8. The standard InChI is InChI=1S/C22H28F2N4O/c1-25-22(26-15-18-9-5-6-10-20(18)29-21(23)24)27-19-11-13-28(14-12-19)16-17-7-3-2-4-8-17/h2-10,19,21H,11-16H2,1H3,(H2,25,26,27). The SMILES string of the molecule is CN=C(NCc1ccccc1OC(F)F)NC1CCN(Cc2ccccc2)CC1. The van der Waals surface area contributed by atoms with E-state index in [2.05, 4.69) is 49.5 Å². The van der Waals surface area contributed by atoms with E-state index in [-0.39, 0.29) is 5.75 Å². The van der Waals surface area contributed by atoms with Crippen LogP contribution in [0.5, 0.6) is 5.75 Å². The van der Waals surface area contributed by atoms with Gasteiger partial charge in [-0.3, -0.25) is 9.89 Å². The second-order valence-corrected chi connectivity index (χ2v) is 7.09. The molecule has 2 aromatic rings. The Morgan fingerprint density at radius 1 is 1.10 bits per heavy atom. The van der Waals surface area contributed by atoms with Gasteiger partial charge in [-0.15, -0.1) is 0 Å². The minimum Gasteiger partial charge on any atom is -0.434 e. The van der Waals surface area contributed by atoms with Crippen LogP contribution in [0.2, 0.25) is 0 Å². The highest BCUT2D eigenvalue weighted by Gasteiger charge is 2.20. The molecule has 0 amide bonds. The number of para-hydroxylation sites is 1. The van der Waals surface area contributed by atoms with Crippen molar-refractivity contribution in [2.75, 3.05) is 20.1 Å². The number of hydrogen-bond donors (Lipinski definition) is 2. The molecular weight excluding hydrogens is 374 g/mol. The van der Waals surface area contributed by atoms with Crippen LogP contribution in [0.15, 0.2) is 59.6 Å². The summed E-state index contributed by atoms with van der Waals surface area (Å²) < 4.78 is 29.7. The molecule has 0 unspecified atom stereocenters. The molecule has 2 N–H and O–H groups in total. The molecule has 0 aromatic heterocycles. The Hall–Kier alpha value is -2.67. The molecule has 1 heterocycles. The van der Waals surface area contributed by atoms with E-state index < -0.39 is 6.61 Å². The summed E-state index contributed by atoms with van der Waals surface area (Å²) in [5.41, 5.74) is 1.99. The minimum absolute atomic E-state index is 0.180. The van der Waals surface area contributed by atoms with Crippen LogP contribution in [-0.2, 0) is 13.1 Å². The highest BCUT2D eigenvalue weighted by molar-refractivity contribution is 5.80. The molecule has 0 spiro atoms. The van der Waals surface area contributed by atoms with Crippen LogP contribution in [0.1, 0.15) is 24.0 Å². The predicted octanol–water partition coefficient (Wildman–Crippen LogP) is 3.62. The van der Waals surface area contributed by atoms with Gasteiger partial charge in [0.05, 0.1) is 0 Å². The Morgan fingerprint density at radius 2 is 1.79 bits per heavy atom. The van der Waals surface area contributed by atoms with Crippen LogP contribution in [0, 0.1) is 0 Å². The van der Waals surface area contributed by atoms with Crippen molar-refractivity contribution in [1.29, 1.82) is 0 Å². The zero-order valence-electron chi connectivity index (χ0n) is 16.7. The number of likely N-dealkylation sites (tertiary alicyclic amines) is 1. The van der Waals surface area contributed by atoms with Gasteiger partial charge in [0.25, 0.3) is 0 Å². The predicted molar refractivity (Wildman–Crippen MR) is 111 cm³/mol. The Kier molecular flexibility index (Phi) is 7.81. The van der Waals surface area contributed by atoms with E-state index in [0.717, 1.165) is 32.5 Å². The van der Waals surface area contributed by atoms with E-state index in [1.54, 1.807) is 31.3 Å². The quantitative estimate of drug-likeness (QED) is 0.549. The first-order valence-electron chi connectivity index (χ1n) is 9.90. The zero-order chi connectivity index (χ0) is 20.5. The van der Waals surface area contributed by atoms with Crippen molar-refractivity contribution < 1.29 is 13.5 Å². The second-order valence-electron chi connectivity index (χ2n) is 7.09. The number of alkyl halides is 2. The summed E-state index contributed by atoms with van der Waals surface area (Å²) in [5.74, 6) is 0.845. The third kappa shape index (κ3) is 6.71. The molecule has 1 saturated heterocycles. The molecule has 1 aliphatic heterocycles. The van der Waals surface area contributed by atoms with Gasteiger partial charge in [0.15, 0.2) is 5.96 Å². The van der Waals surface area contributed by atoms with Crippen LogP contribution in [0.3, 0.4) is 0 Å². The minimum atomic E-state index is -2.84. The van der Waals surface area contributed by atoms with E-state index in [0.29, 0.717) is 24.1 Å². The number of hydrogen-bond acceptors (Lipinski definition) is 3. The normalized spacial score (nSPS) is 16.1. The average Bonchev–Trinajstić information content (AvgIpc) is 2.73. The lowest BCUT2D eigenvalue weighted by Crippen LogP contribution is -2.48. The van der Waals surface area contributed by atoms with Crippen molar-refractivity contribution in [1.82, 2.24) is 15.5 Å². The molecule has 1 fully saturated rings. The summed E-state index contributed by atoms with van der Waals surface area (Å²) in [6.45, 7) is 0.537. The summed E-state index contributed by atoms with van der Waals surface area (Å²) in [7, 11) is 1.71. The highest BCUT2D eigenvalue weighted by atomic mass is 19.3. The molecule has 1 aliphatic rings.